The van der Waals surface area contributed by atoms with Gasteiger partial charge in [-0.25, -0.2) is 17.6 Å². The normalized spacial score (nSPS) is 15.3. The van der Waals surface area contributed by atoms with Crippen LogP contribution in [0.15, 0.2) is 41.6 Å². The van der Waals surface area contributed by atoms with Crippen LogP contribution >= 0.6 is 0 Å². The summed E-state index contributed by atoms with van der Waals surface area (Å²) in [5.74, 6) is -0.220. The number of pyridine rings is 1. The number of carboxylic acid groups (broad SMARTS) is 1. The van der Waals surface area contributed by atoms with Crippen LogP contribution in [0.25, 0.3) is 0 Å². The van der Waals surface area contributed by atoms with Crippen molar-refractivity contribution in [2.24, 2.45) is 0 Å². The van der Waals surface area contributed by atoms with E-state index >= 15 is 0 Å². The maximum Gasteiger partial charge on any atom is 0.407 e. The van der Waals surface area contributed by atoms with Gasteiger partial charge in [-0.3, -0.25) is 4.98 Å². The van der Waals surface area contributed by atoms with Crippen molar-refractivity contribution in [3.8, 4) is 5.75 Å². The predicted octanol–water partition coefficient (Wildman–Crippen LogP) is 2.89. The fraction of sp³-hybridized carbons (Fsp3) is 0.333. The summed E-state index contributed by atoms with van der Waals surface area (Å²) in [6.45, 7) is 0.812. The van der Waals surface area contributed by atoms with E-state index in [1.54, 1.807) is 6.07 Å². The van der Waals surface area contributed by atoms with Crippen LogP contribution in [0, 0.1) is 5.82 Å². The molecule has 150 valence electrons. The zero-order valence-corrected chi connectivity index (χ0v) is 15.9. The molecule has 0 atom stereocenters. The number of rotatable bonds is 5. The molecular weight excluding hydrogens is 389 g/mol. The van der Waals surface area contributed by atoms with E-state index in [0.717, 1.165) is 12.3 Å². The van der Waals surface area contributed by atoms with Gasteiger partial charge in [0.2, 0.25) is 0 Å². The Morgan fingerprint density at radius 2 is 2.00 bits per heavy atom. The molecule has 1 saturated heterocycles. The second kappa shape index (κ2) is 8.01. The standard InChI is InChI=1S/C18H20FN3O5S/c1-28(25,26)15-2-3-17(16(19)9-15)21-12-8-14(11-20-10-12)27-13-4-6-22(7-5-13)18(23)24/h2-3,8-11,13,21H,4-7H2,1H3,(H,23,24). The molecule has 0 spiro atoms. The zero-order valence-electron chi connectivity index (χ0n) is 15.1. The van der Waals surface area contributed by atoms with E-state index in [0.29, 0.717) is 37.4 Å². The van der Waals surface area contributed by atoms with Gasteiger partial charge in [0.1, 0.15) is 17.7 Å². The average molecular weight is 409 g/mol. The summed E-state index contributed by atoms with van der Waals surface area (Å²) in [7, 11) is -3.49. The van der Waals surface area contributed by atoms with Crippen LogP contribution in [0.5, 0.6) is 5.75 Å². The summed E-state index contributed by atoms with van der Waals surface area (Å²) < 4.78 is 43.1. The van der Waals surface area contributed by atoms with Gasteiger partial charge in [-0.05, 0) is 18.2 Å². The molecule has 0 aliphatic carbocycles. The first-order valence-electron chi connectivity index (χ1n) is 8.58. The van der Waals surface area contributed by atoms with E-state index in [2.05, 4.69) is 10.3 Å². The fourth-order valence-corrected chi connectivity index (χ4v) is 3.53. The maximum absolute atomic E-state index is 14.2. The monoisotopic (exact) mass is 409 g/mol. The van der Waals surface area contributed by atoms with Gasteiger partial charge in [0.25, 0.3) is 0 Å². The summed E-state index contributed by atoms with van der Waals surface area (Å²) in [4.78, 5) is 16.3. The van der Waals surface area contributed by atoms with Crippen LogP contribution in [-0.2, 0) is 9.84 Å². The second-order valence-corrected chi connectivity index (χ2v) is 8.55. The molecular formula is C18H20FN3O5S. The third-order valence-electron chi connectivity index (χ3n) is 4.38. The van der Waals surface area contributed by atoms with Gasteiger partial charge in [-0.2, -0.15) is 0 Å². The lowest BCUT2D eigenvalue weighted by Crippen LogP contribution is -2.41. The quantitative estimate of drug-likeness (QED) is 0.781. The van der Waals surface area contributed by atoms with Gasteiger partial charge < -0.3 is 20.1 Å². The van der Waals surface area contributed by atoms with Crippen LogP contribution in [0.2, 0.25) is 0 Å². The fourth-order valence-electron chi connectivity index (χ4n) is 2.89. The number of hydrogen-bond acceptors (Lipinski definition) is 6. The highest BCUT2D eigenvalue weighted by molar-refractivity contribution is 7.90. The number of aromatic nitrogens is 1. The number of benzene rings is 1. The molecule has 0 radical (unpaired) electrons. The Morgan fingerprint density at radius 3 is 2.61 bits per heavy atom. The number of likely N-dealkylation sites (tertiary alicyclic amines) is 1. The molecule has 1 fully saturated rings. The van der Waals surface area contributed by atoms with Crippen molar-refractivity contribution < 1.29 is 27.4 Å². The smallest absolute Gasteiger partial charge is 0.407 e. The second-order valence-electron chi connectivity index (χ2n) is 6.53. The lowest BCUT2D eigenvalue weighted by molar-refractivity contribution is 0.0893. The third-order valence-corrected chi connectivity index (χ3v) is 5.49. The van der Waals surface area contributed by atoms with Gasteiger partial charge in [-0.1, -0.05) is 0 Å². The van der Waals surface area contributed by atoms with Crippen molar-refractivity contribution in [3.05, 3.63) is 42.5 Å². The number of nitrogens with zero attached hydrogens (tertiary/aromatic N) is 2. The van der Waals surface area contributed by atoms with E-state index < -0.39 is 21.7 Å². The molecule has 2 heterocycles. The average Bonchev–Trinajstić information content (AvgIpc) is 2.63. The van der Waals surface area contributed by atoms with Crippen LogP contribution in [-0.4, -0.2) is 55.0 Å². The number of ether oxygens (including phenoxy) is 1. The minimum atomic E-state index is -3.49. The van der Waals surface area contributed by atoms with E-state index in [9.17, 15) is 17.6 Å². The van der Waals surface area contributed by atoms with Crippen molar-refractivity contribution >= 4 is 27.3 Å². The predicted molar refractivity (Wildman–Crippen MR) is 100 cm³/mol. The lowest BCUT2D eigenvalue weighted by atomic mass is 10.1. The molecule has 2 aromatic rings. The van der Waals surface area contributed by atoms with Crippen LogP contribution in [0.1, 0.15) is 12.8 Å². The minimum absolute atomic E-state index is 0.0986. The van der Waals surface area contributed by atoms with E-state index in [4.69, 9.17) is 9.84 Å². The molecule has 10 heteroatoms. The van der Waals surface area contributed by atoms with Crippen molar-refractivity contribution in [3.63, 3.8) is 0 Å². The zero-order chi connectivity index (χ0) is 20.3. The molecule has 1 amide bonds. The van der Waals surface area contributed by atoms with E-state index in [1.807, 2.05) is 0 Å². The van der Waals surface area contributed by atoms with Gasteiger partial charge in [0.15, 0.2) is 9.84 Å². The Labute approximate surface area is 161 Å². The molecule has 8 nitrogen and oxygen atoms in total. The molecule has 28 heavy (non-hydrogen) atoms. The topological polar surface area (TPSA) is 109 Å². The van der Waals surface area contributed by atoms with E-state index in [1.165, 1.54) is 29.4 Å². The minimum Gasteiger partial charge on any atom is -0.489 e. The molecule has 0 bridgehead atoms. The largest absolute Gasteiger partial charge is 0.489 e. The van der Waals surface area contributed by atoms with Gasteiger partial charge >= 0.3 is 6.09 Å². The number of halogens is 1. The number of sulfone groups is 1. The summed E-state index contributed by atoms with van der Waals surface area (Å²) in [5, 5.41) is 11.8. The molecule has 1 aromatic heterocycles. The number of carbonyl (C=O) groups is 1. The van der Waals surface area contributed by atoms with Crippen molar-refractivity contribution in [2.75, 3.05) is 24.7 Å². The Kier molecular flexibility index (Phi) is 5.68. The Balaban J connectivity index is 1.66. The molecule has 0 unspecified atom stereocenters. The molecule has 2 N–H and O–H groups in total. The molecule has 1 aliphatic heterocycles. The van der Waals surface area contributed by atoms with Crippen molar-refractivity contribution in [1.82, 2.24) is 9.88 Å². The number of amides is 1. The first-order chi connectivity index (χ1) is 13.2. The summed E-state index contributed by atoms with van der Waals surface area (Å²) in [6.07, 6.45) is 4.12. The summed E-state index contributed by atoms with van der Waals surface area (Å²) >= 11 is 0. The number of piperidine rings is 1. The first kappa shape index (κ1) is 19.9. The van der Waals surface area contributed by atoms with Gasteiger partial charge in [0.05, 0.1) is 28.7 Å². The SMILES string of the molecule is CS(=O)(=O)c1ccc(Nc2cncc(OC3CCN(C(=O)O)CC3)c2)c(F)c1. The molecule has 3 rings (SSSR count). The number of anilines is 2. The van der Waals surface area contributed by atoms with Crippen LogP contribution in [0.3, 0.4) is 0 Å². The number of hydrogen-bond donors (Lipinski definition) is 2. The Bertz CT molecular complexity index is 975. The molecule has 0 saturated carbocycles. The molecule has 1 aromatic carbocycles. The number of nitrogens with one attached hydrogen (secondary N) is 1. The Morgan fingerprint density at radius 1 is 1.29 bits per heavy atom. The summed E-state index contributed by atoms with van der Waals surface area (Å²) in [5.41, 5.74) is 0.590. The first-order valence-corrected chi connectivity index (χ1v) is 10.5. The maximum atomic E-state index is 14.2. The lowest BCUT2D eigenvalue weighted by Gasteiger charge is -2.30. The summed E-state index contributed by atoms with van der Waals surface area (Å²) in [6, 6.07) is 5.29. The Hall–Kier alpha value is -2.88. The van der Waals surface area contributed by atoms with Crippen molar-refractivity contribution in [1.29, 1.82) is 0 Å². The highest BCUT2D eigenvalue weighted by Gasteiger charge is 2.23. The van der Waals surface area contributed by atoms with Gasteiger partial charge in [-0.15, -0.1) is 0 Å². The van der Waals surface area contributed by atoms with Gasteiger partial charge in [0, 0.05) is 38.3 Å². The molecule has 1 aliphatic rings. The van der Waals surface area contributed by atoms with Crippen molar-refractivity contribution in [2.45, 2.75) is 23.8 Å². The van der Waals surface area contributed by atoms with E-state index in [-0.39, 0.29) is 16.7 Å². The van der Waals surface area contributed by atoms with Crippen LogP contribution < -0.4 is 10.1 Å². The van der Waals surface area contributed by atoms with Crippen LogP contribution in [0.4, 0.5) is 20.6 Å². The highest BCUT2D eigenvalue weighted by Crippen LogP contribution is 2.26. The highest BCUT2D eigenvalue weighted by atomic mass is 32.2. The third kappa shape index (κ3) is 4.89.